The van der Waals surface area contributed by atoms with Crippen molar-refractivity contribution < 1.29 is 9.59 Å². The number of imide groups is 1. The molecule has 0 N–H and O–H groups in total. The maximum absolute atomic E-state index is 12.7. The molecule has 0 bridgehead atoms. The van der Waals surface area contributed by atoms with Gasteiger partial charge in [-0.15, -0.1) is 11.3 Å². The van der Waals surface area contributed by atoms with Gasteiger partial charge in [0.15, 0.2) is 0 Å². The Kier molecular flexibility index (Phi) is 4.97. The van der Waals surface area contributed by atoms with E-state index in [1.807, 2.05) is 66.8 Å². The quantitative estimate of drug-likeness (QED) is 0.758. The van der Waals surface area contributed by atoms with E-state index in [1.54, 1.807) is 16.2 Å². The van der Waals surface area contributed by atoms with Crippen molar-refractivity contribution in [3.05, 3.63) is 58.3 Å². The zero-order chi connectivity index (χ0) is 17.1. The maximum Gasteiger partial charge on any atom is 0.327 e. The lowest BCUT2D eigenvalue weighted by Gasteiger charge is -2.27. The second-order valence-corrected chi connectivity index (χ2v) is 7.10. The molecule has 5 nitrogen and oxygen atoms in total. The number of rotatable bonds is 6. The van der Waals surface area contributed by atoms with Crippen molar-refractivity contribution in [2.24, 2.45) is 0 Å². The third kappa shape index (κ3) is 3.49. The van der Waals surface area contributed by atoms with E-state index in [-0.39, 0.29) is 24.5 Å². The molecule has 0 radical (unpaired) electrons. The first-order chi connectivity index (χ1) is 11.6. The molecule has 0 spiro atoms. The SMILES string of the molecule is CN(C)C(CN1C(=O)CN(Cc2ccccc2)C1=O)c1cccs1. The van der Waals surface area contributed by atoms with Crippen molar-refractivity contribution in [3.8, 4) is 0 Å². The van der Waals surface area contributed by atoms with Gasteiger partial charge in [0.05, 0.1) is 12.6 Å². The van der Waals surface area contributed by atoms with Gasteiger partial charge >= 0.3 is 6.03 Å². The van der Waals surface area contributed by atoms with E-state index in [9.17, 15) is 9.59 Å². The fourth-order valence-corrected chi connectivity index (χ4v) is 3.78. The molecule has 3 amide bonds. The van der Waals surface area contributed by atoms with Crippen molar-refractivity contribution in [2.75, 3.05) is 27.2 Å². The number of benzene rings is 1. The van der Waals surface area contributed by atoms with Crippen molar-refractivity contribution in [1.29, 1.82) is 0 Å². The predicted octanol–water partition coefficient (Wildman–Crippen LogP) is 2.82. The van der Waals surface area contributed by atoms with E-state index in [0.29, 0.717) is 13.1 Å². The van der Waals surface area contributed by atoms with Crippen LogP contribution in [0, 0.1) is 0 Å². The smallest absolute Gasteiger partial charge is 0.311 e. The van der Waals surface area contributed by atoms with Crippen LogP contribution < -0.4 is 0 Å². The van der Waals surface area contributed by atoms with Crippen LogP contribution in [0.25, 0.3) is 0 Å². The predicted molar refractivity (Wildman–Crippen MR) is 94.7 cm³/mol. The van der Waals surface area contributed by atoms with Gasteiger partial charge in [0.25, 0.3) is 0 Å². The highest BCUT2D eigenvalue weighted by molar-refractivity contribution is 7.10. The molecule has 6 heteroatoms. The Bertz CT molecular complexity index is 700. The Morgan fingerprint density at radius 2 is 1.88 bits per heavy atom. The zero-order valence-electron chi connectivity index (χ0n) is 13.9. The van der Waals surface area contributed by atoms with Crippen LogP contribution in [0.2, 0.25) is 0 Å². The van der Waals surface area contributed by atoms with Gasteiger partial charge in [-0.25, -0.2) is 4.79 Å². The Labute approximate surface area is 146 Å². The third-order valence-corrected chi connectivity index (χ3v) is 5.17. The summed E-state index contributed by atoms with van der Waals surface area (Å²) in [6, 6.07) is 13.6. The first kappa shape index (κ1) is 16.7. The van der Waals surface area contributed by atoms with Gasteiger partial charge in [0.1, 0.15) is 6.54 Å². The number of likely N-dealkylation sites (N-methyl/N-ethyl adjacent to an activating group) is 1. The molecular formula is C18H21N3O2S. The van der Waals surface area contributed by atoms with Gasteiger partial charge in [0, 0.05) is 11.4 Å². The lowest BCUT2D eigenvalue weighted by molar-refractivity contribution is -0.125. The molecule has 1 saturated heterocycles. The van der Waals surface area contributed by atoms with Gasteiger partial charge in [-0.1, -0.05) is 36.4 Å². The molecule has 2 aromatic rings. The second kappa shape index (κ2) is 7.15. The van der Waals surface area contributed by atoms with Crippen LogP contribution in [-0.4, -0.2) is 53.8 Å². The number of urea groups is 1. The molecule has 0 saturated carbocycles. The zero-order valence-corrected chi connectivity index (χ0v) is 14.7. The topological polar surface area (TPSA) is 43.9 Å². The summed E-state index contributed by atoms with van der Waals surface area (Å²) >= 11 is 1.64. The second-order valence-electron chi connectivity index (χ2n) is 6.12. The van der Waals surface area contributed by atoms with E-state index in [4.69, 9.17) is 0 Å². The van der Waals surface area contributed by atoms with Crippen molar-refractivity contribution in [3.63, 3.8) is 0 Å². The number of nitrogens with zero attached hydrogens (tertiary/aromatic N) is 3. The monoisotopic (exact) mass is 343 g/mol. The summed E-state index contributed by atoms with van der Waals surface area (Å²) in [6.07, 6.45) is 0. The molecule has 1 aromatic carbocycles. The Morgan fingerprint density at radius 1 is 1.12 bits per heavy atom. The summed E-state index contributed by atoms with van der Waals surface area (Å²) in [6.45, 7) is 1.00. The highest BCUT2D eigenvalue weighted by atomic mass is 32.1. The molecule has 1 fully saturated rings. The van der Waals surface area contributed by atoms with E-state index in [1.165, 1.54) is 4.90 Å². The van der Waals surface area contributed by atoms with Crippen LogP contribution >= 0.6 is 11.3 Å². The maximum atomic E-state index is 12.7. The highest BCUT2D eigenvalue weighted by Crippen LogP contribution is 2.26. The van der Waals surface area contributed by atoms with E-state index in [0.717, 1.165) is 10.4 Å². The van der Waals surface area contributed by atoms with Crippen LogP contribution in [0.4, 0.5) is 4.79 Å². The molecule has 1 atom stereocenters. The van der Waals surface area contributed by atoms with Gasteiger partial charge in [-0.2, -0.15) is 0 Å². The van der Waals surface area contributed by atoms with E-state index in [2.05, 4.69) is 0 Å². The minimum Gasteiger partial charge on any atom is -0.311 e. The summed E-state index contributed by atoms with van der Waals surface area (Å²) in [4.78, 5) is 31.2. The fourth-order valence-electron chi connectivity index (χ4n) is 2.86. The van der Waals surface area contributed by atoms with Gasteiger partial charge in [-0.3, -0.25) is 9.69 Å². The molecular weight excluding hydrogens is 322 g/mol. The van der Waals surface area contributed by atoms with Crippen LogP contribution in [0.1, 0.15) is 16.5 Å². The number of hydrogen-bond acceptors (Lipinski definition) is 4. The third-order valence-electron chi connectivity index (χ3n) is 4.20. The van der Waals surface area contributed by atoms with Gasteiger partial charge in [-0.05, 0) is 31.1 Å². The van der Waals surface area contributed by atoms with Gasteiger partial charge < -0.3 is 9.80 Å². The van der Waals surface area contributed by atoms with E-state index >= 15 is 0 Å². The molecule has 2 heterocycles. The van der Waals surface area contributed by atoms with Crippen molar-refractivity contribution in [1.82, 2.24) is 14.7 Å². The van der Waals surface area contributed by atoms with Crippen LogP contribution in [0.3, 0.4) is 0 Å². The Balaban J connectivity index is 1.72. The summed E-state index contributed by atoms with van der Waals surface area (Å²) in [5.41, 5.74) is 1.03. The molecule has 126 valence electrons. The molecule has 0 aliphatic carbocycles. The van der Waals surface area contributed by atoms with Crippen molar-refractivity contribution in [2.45, 2.75) is 12.6 Å². The summed E-state index contributed by atoms with van der Waals surface area (Å²) in [5.74, 6) is -0.126. The van der Waals surface area contributed by atoms with Gasteiger partial charge in [0.2, 0.25) is 5.91 Å². The number of amides is 3. The number of thiophene rings is 1. The van der Waals surface area contributed by atoms with Crippen LogP contribution in [0.5, 0.6) is 0 Å². The Morgan fingerprint density at radius 3 is 2.50 bits per heavy atom. The number of carbonyl (C=O) groups excluding carboxylic acids is 2. The summed E-state index contributed by atoms with van der Waals surface area (Å²) in [5, 5.41) is 2.02. The minimum atomic E-state index is -0.202. The Hall–Kier alpha value is -2.18. The highest BCUT2D eigenvalue weighted by Gasteiger charge is 2.37. The number of carbonyl (C=O) groups is 2. The summed E-state index contributed by atoms with van der Waals surface area (Å²) < 4.78 is 0. The minimum absolute atomic E-state index is 0.0228. The van der Waals surface area contributed by atoms with Crippen molar-refractivity contribution >= 4 is 23.3 Å². The van der Waals surface area contributed by atoms with Crippen LogP contribution in [-0.2, 0) is 11.3 Å². The lowest BCUT2D eigenvalue weighted by Crippen LogP contribution is -2.39. The molecule has 1 aromatic heterocycles. The largest absolute Gasteiger partial charge is 0.327 e. The molecule has 1 unspecified atom stereocenters. The van der Waals surface area contributed by atoms with E-state index < -0.39 is 0 Å². The lowest BCUT2D eigenvalue weighted by atomic mass is 10.2. The average Bonchev–Trinajstić information content (AvgIpc) is 3.16. The average molecular weight is 343 g/mol. The standard InChI is InChI=1S/C18H21N3O2S/c1-19(2)15(16-9-6-10-24-16)12-21-17(22)13-20(18(21)23)11-14-7-4-3-5-8-14/h3-10,15H,11-13H2,1-2H3. The molecule has 1 aliphatic heterocycles. The molecule has 3 rings (SSSR count). The summed E-state index contributed by atoms with van der Waals surface area (Å²) in [7, 11) is 3.94. The molecule has 24 heavy (non-hydrogen) atoms. The number of hydrogen-bond donors (Lipinski definition) is 0. The normalized spacial score (nSPS) is 16.3. The van der Waals surface area contributed by atoms with Crippen LogP contribution in [0.15, 0.2) is 47.8 Å². The fraction of sp³-hybridized carbons (Fsp3) is 0.333. The molecule has 1 aliphatic rings. The first-order valence-corrected chi connectivity index (χ1v) is 8.77. The first-order valence-electron chi connectivity index (χ1n) is 7.89.